The first-order valence-electron chi connectivity index (χ1n) is 8.30. The molecule has 3 rings (SSSR count). The summed E-state index contributed by atoms with van der Waals surface area (Å²) in [5.74, 6) is 0.144. The number of aryl methyl sites for hydroxylation is 1. The van der Waals surface area contributed by atoms with E-state index < -0.39 is 0 Å². The van der Waals surface area contributed by atoms with Crippen molar-refractivity contribution in [3.05, 3.63) is 18.0 Å². The Morgan fingerprint density at radius 1 is 1.18 bits per heavy atom. The molecule has 1 atom stereocenters. The van der Waals surface area contributed by atoms with Crippen LogP contribution in [0, 0.1) is 5.92 Å². The maximum absolute atomic E-state index is 12.5. The first-order chi connectivity index (χ1) is 10.7. The van der Waals surface area contributed by atoms with Crippen LogP contribution in [0.5, 0.6) is 0 Å². The third kappa shape index (κ3) is 3.00. The molecular formula is C16H24N4O2. The zero-order valence-electron chi connectivity index (χ0n) is 13.2. The minimum atomic E-state index is -0.0545. The van der Waals surface area contributed by atoms with E-state index in [0.29, 0.717) is 18.8 Å². The topological polar surface area (TPSA) is 58.4 Å². The number of nitrogens with zero attached hydrogens (tertiary/aromatic N) is 4. The van der Waals surface area contributed by atoms with Gasteiger partial charge in [-0.05, 0) is 38.7 Å². The lowest BCUT2D eigenvalue weighted by molar-refractivity contribution is -0.135. The van der Waals surface area contributed by atoms with E-state index in [1.165, 1.54) is 6.42 Å². The molecule has 0 aliphatic carbocycles. The molecule has 2 aliphatic heterocycles. The van der Waals surface area contributed by atoms with E-state index in [-0.39, 0.29) is 17.7 Å². The van der Waals surface area contributed by atoms with Gasteiger partial charge in [-0.2, -0.15) is 5.10 Å². The first-order valence-corrected chi connectivity index (χ1v) is 8.30. The van der Waals surface area contributed by atoms with Crippen LogP contribution in [0.1, 0.15) is 43.1 Å². The second-order valence-electron chi connectivity index (χ2n) is 6.18. The molecular weight excluding hydrogens is 280 g/mol. The van der Waals surface area contributed by atoms with Crippen LogP contribution < -0.4 is 0 Å². The second-order valence-corrected chi connectivity index (χ2v) is 6.18. The van der Waals surface area contributed by atoms with Gasteiger partial charge in [-0.3, -0.25) is 14.3 Å². The molecule has 2 amide bonds. The highest BCUT2D eigenvalue weighted by molar-refractivity contribution is 5.93. The fraction of sp³-hybridized carbons (Fsp3) is 0.688. The van der Waals surface area contributed by atoms with Crippen molar-refractivity contribution < 1.29 is 9.59 Å². The minimum Gasteiger partial charge on any atom is -0.342 e. The number of hydrogen-bond donors (Lipinski definition) is 0. The Morgan fingerprint density at radius 2 is 1.95 bits per heavy atom. The summed E-state index contributed by atoms with van der Waals surface area (Å²) in [6.07, 6.45) is 6.03. The monoisotopic (exact) mass is 304 g/mol. The number of aromatic nitrogens is 2. The van der Waals surface area contributed by atoms with Crippen molar-refractivity contribution in [1.29, 1.82) is 0 Å². The van der Waals surface area contributed by atoms with E-state index in [4.69, 9.17) is 0 Å². The summed E-state index contributed by atoms with van der Waals surface area (Å²) in [5.41, 5.74) is 0.480. The quantitative estimate of drug-likeness (QED) is 0.847. The molecule has 1 aromatic rings. The largest absolute Gasteiger partial charge is 0.342 e. The highest BCUT2D eigenvalue weighted by atomic mass is 16.2. The number of rotatable bonds is 3. The lowest BCUT2D eigenvalue weighted by Gasteiger charge is -2.29. The van der Waals surface area contributed by atoms with E-state index >= 15 is 0 Å². The van der Waals surface area contributed by atoms with Crippen LogP contribution in [0.25, 0.3) is 0 Å². The highest BCUT2D eigenvalue weighted by Gasteiger charge is 2.34. The molecule has 0 radical (unpaired) electrons. The third-order valence-electron chi connectivity index (χ3n) is 4.68. The van der Waals surface area contributed by atoms with Gasteiger partial charge in [0.1, 0.15) is 5.69 Å². The average Bonchev–Trinajstić information content (AvgIpc) is 3.23. The Hall–Kier alpha value is -1.85. The molecule has 1 aromatic heterocycles. The zero-order chi connectivity index (χ0) is 15.5. The van der Waals surface area contributed by atoms with Gasteiger partial charge < -0.3 is 9.80 Å². The second kappa shape index (κ2) is 6.50. The predicted octanol–water partition coefficient (Wildman–Crippen LogP) is 1.38. The Kier molecular flexibility index (Phi) is 4.45. The molecule has 2 aliphatic rings. The normalized spacial score (nSPS) is 22.1. The fourth-order valence-corrected chi connectivity index (χ4v) is 3.33. The number of piperidine rings is 1. The Balaban J connectivity index is 1.59. The number of amides is 2. The van der Waals surface area contributed by atoms with E-state index in [1.807, 2.05) is 18.0 Å². The van der Waals surface area contributed by atoms with E-state index in [0.717, 1.165) is 38.9 Å². The van der Waals surface area contributed by atoms with E-state index in [9.17, 15) is 9.59 Å². The fourth-order valence-electron chi connectivity index (χ4n) is 3.33. The predicted molar refractivity (Wildman–Crippen MR) is 82.3 cm³/mol. The number of carbonyl (C=O) groups excluding carboxylic acids is 2. The van der Waals surface area contributed by atoms with Crippen molar-refractivity contribution in [3.8, 4) is 0 Å². The van der Waals surface area contributed by atoms with Crippen LogP contribution in [0.3, 0.4) is 0 Å². The molecule has 3 heterocycles. The average molecular weight is 304 g/mol. The van der Waals surface area contributed by atoms with Gasteiger partial charge in [0.25, 0.3) is 5.91 Å². The highest BCUT2D eigenvalue weighted by Crippen LogP contribution is 2.22. The standard InChI is InChI=1S/C16H24N4O2/c1-2-20-11-7-14(17-20)16(22)19-10-6-13(12-19)15(21)18-8-4-3-5-9-18/h7,11,13H,2-6,8-10,12H2,1H3/t13-/m0/s1. The van der Waals surface area contributed by atoms with Crippen molar-refractivity contribution in [1.82, 2.24) is 19.6 Å². The van der Waals surface area contributed by atoms with Crippen molar-refractivity contribution in [2.24, 2.45) is 5.92 Å². The molecule has 0 N–H and O–H groups in total. The number of carbonyl (C=O) groups is 2. The van der Waals surface area contributed by atoms with Crippen molar-refractivity contribution in [2.75, 3.05) is 26.2 Å². The zero-order valence-corrected chi connectivity index (χ0v) is 13.2. The molecule has 0 aromatic carbocycles. The van der Waals surface area contributed by atoms with Gasteiger partial charge in [0.15, 0.2) is 0 Å². The summed E-state index contributed by atoms with van der Waals surface area (Å²) < 4.78 is 1.75. The molecule has 6 heteroatoms. The smallest absolute Gasteiger partial charge is 0.274 e. The summed E-state index contributed by atoms with van der Waals surface area (Å²) in [5, 5.41) is 4.26. The number of hydrogen-bond acceptors (Lipinski definition) is 3. The molecule has 120 valence electrons. The van der Waals surface area contributed by atoms with Gasteiger partial charge in [0.05, 0.1) is 5.92 Å². The lowest BCUT2D eigenvalue weighted by atomic mass is 10.0. The lowest BCUT2D eigenvalue weighted by Crippen LogP contribution is -2.41. The summed E-state index contributed by atoms with van der Waals surface area (Å²) in [6, 6.07) is 1.76. The van der Waals surface area contributed by atoms with E-state index in [2.05, 4.69) is 5.10 Å². The summed E-state index contributed by atoms with van der Waals surface area (Å²) in [7, 11) is 0. The van der Waals surface area contributed by atoms with Crippen molar-refractivity contribution >= 4 is 11.8 Å². The van der Waals surface area contributed by atoms with E-state index in [1.54, 1.807) is 15.6 Å². The third-order valence-corrected chi connectivity index (χ3v) is 4.68. The van der Waals surface area contributed by atoms with Gasteiger partial charge in [-0.25, -0.2) is 0 Å². The molecule has 6 nitrogen and oxygen atoms in total. The Bertz CT molecular complexity index is 548. The number of likely N-dealkylation sites (tertiary alicyclic amines) is 2. The van der Waals surface area contributed by atoms with Gasteiger partial charge in [0, 0.05) is 38.9 Å². The van der Waals surface area contributed by atoms with Crippen molar-refractivity contribution in [3.63, 3.8) is 0 Å². The summed E-state index contributed by atoms with van der Waals surface area (Å²) in [4.78, 5) is 28.7. The summed E-state index contributed by atoms with van der Waals surface area (Å²) in [6.45, 7) is 5.69. The van der Waals surface area contributed by atoms with Crippen LogP contribution in [0.15, 0.2) is 12.3 Å². The van der Waals surface area contributed by atoms with Gasteiger partial charge in [-0.1, -0.05) is 0 Å². The van der Waals surface area contributed by atoms with Gasteiger partial charge in [0.2, 0.25) is 5.91 Å². The van der Waals surface area contributed by atoms with Crippen LogP contribution in [0.4, 0.5) is 0 Å². The van der Waals surface area contributed by atoms with Gasteiger partial charge >= 0.3 is 0 Å². The minimum absolute atomic E-state index is 0.0321. The molecule has 0 unspecified atom stereocenters. The van der Waals surface area contributed by atoms with Crippen LogP contribution >= 0.6 is 0 Å². The van der Waals surface area contributed by atoms with Crippen LogP contribution in [-0.2, 0) is 11.3 Å². The Morgan fingerprint density at radius 3 is 2.64 bits per heavy atom. The van der Waals surface area contributed by atoms with Gasteiger partial charge in [-0.15, -0.1) is 0 Å². The molecule has 0 spiro atoms. The van der Waals surface area contributed by atoms with Crippen LogP contribution in [-0.4, -0.2) is 57.6 Å². The van der Waals surface area contributed by atoms with Crippen LogP contribution in [0.2, 0.25) is 0 Å². The first kappa shape index (κ1) is 15.1. The molecule has 2 saturated heterocycles. The molecule has 2 fully saturated rings. The maximum atomic E-state index is 12.5. The SMILES string of the molecule is CCn1ccc(C(=O)N2CC[C@H](C(=O)N3CCCCC3)C2)n1. The van der Waals surface area contributed by atoms with Crippen molar-refractivity contribution in [2.45, 2.75) is 39.2 Å². The Labute approximate surface area is 131 Å². The molecule has 22 heavy (non-hydrogen) atoms. The molecule has 0 bridgehead atoms. The maximum Gasteiger partial charge on any atom is 0.274 e. The molecule has 0 saturated carbocycles. The summed E-state index contributed by atoms with van der Waals surface area (Å²) >= 11 is 0.